The summed E-state index contributed by atoms with van der Waals surface area (Å²) in [7, 11) is 1.95. The molecule has 0 spiro atoms. The molecule has 1 aliphatic carbocycles. The molecule has 1 aromatic carbocycles. The minimum absolute atomic E-state index is 0.100. The molecule has 4 heteroatoms. The topological polar surface area (TPSA) is 38.1 Å². The van der Waals surface area contributed by atoms with Crippen LogP contribution in [0.2, 0.25) is 0 Å². The van der Waals surface area contributed by atoms with Gasteiger partial charge in [-0.15, -0.1) is 0 Å². The lowest BCUT2D eigenvalue weighted by Crippen LogP contribution is -2.36. The molecule has 0 fully saturated rings. The van der Waals surface area contributed by atoms with Gasteiger partial charge in [-0.3, -0.25) is 9.48 Å². The molecule has 2 aliphatic rings. The van der Waals surface area contributed by atoms with Crippen molar-refractivity contribution < 1.29 is 4.79 Å². The van der Waals surface area contributed by atoms with E-state index in [0.29, 0.717) is 12.2 Å². The molecule has 0 saturated heterocycles. The van der Waals surface area contributed by atoms with Gasteiger partial charge >= 0.3 is 0 Å². The number of hydrogen-bond donors (Lipinski definition) is 0. The van der Waals surface area contributed by atoms with Gasteiger partial charge in [0, 0.05) is 31.4 Å². The average Bonchev–Trinajstić information content (AvgIpc) is 3.10. The summed E-state index contributed by atoms with van der Waals surface area (Å²) in [5.41, 5.74) is 5.75. The molecule has 1 aliphatic heterocycles. The molecule has 0 atom stereocenters. The third kappa shape index (κ3) is 1.97. The summed E-state index contributed by atoms with van der Waals surface area (Å²) in [5.74, 6) is 0.100. The molecule has 4 nitrogen and oxygen atoms in total. The number of carbonyl (C=O) groups is 1. The van der Waals surface area contributed by atoms with Gasteiger partial charge < -0.3 is 4.90 Å². The smallest absolute Gasteiger partial charge is 0.274 e. The first kappa shape index (κ1) is 12.6. The van der Waals surface area contributed by atoms with Crippen LogP contribution >= 0.6 is 0 Å². The van der Waals surface area contributed by atoms with Crippen molar-refractivity contribution in [2.45, 2.75) is 32.2 Å². The van der Waals surface area contributed by atoms with Crippen molar-refractivity contribution in [1.82, 2.24) is 14.7 Å². The van der Waals surface area contributed by atoms with E-state index in [4.69, 9.17) is 0 Å². The zero-order valence-electron chi connectivity index (χ0n) is 12.3. The Morgan fingerprint density at radius 2 is 1.95 bits per heavy atom. The quantitative estimate of drug-likeness (QED) is 0.803. The van der Waals surface area contributed by atoms with Crippen molar-refractivity contribution in [2.75, 3.05) is 6.54 Å². The molecule has 1 amide bonds. The minimum Gasteiger partial charge on any atom is -0.333 e. The van der Waals surface area contributed by atoms with Gasteiger partial charge in [-0.05, 0) is 36.8 Å². The number of aryl methyl sites for hydroxylation is 1. The number of hydrogen-bond acceptors (Lipinski definition) is 2. The van der Waals surface area contributed by atoms with E-state index < -0.39 is 0 Å². The number of aromatic nitrogens is 2. The van der Waals surface area contributed by atoms with Crippen LogP contribution in [0.25, 0.3) is 0 Å². The van der Waals surface area contributed by atoms with E-state index in [1.54, 1.807) is 0 Å². The summed E-state index contributed by atoms with van der Waals surface area (Å²) in [4.78, 5) is 14.8. The standard InChI is InChI=1S/C17H19N3O/c1-19-15-8-4-7-14(15)16(18-19)17(21)20-10-9-12-5-2-3-6-13(12)11-20/h2-3,5-6H,4,7-11H2,1H3. The van der Waals surface area contributed by atoms with Gasteiger partial charge in [0.05, 0.1) is 0 Å². The van der Waals surface area contributed by atoms with E-state index in [0.717, 1.165) is 32.2 Å². The summed E-state index contributed by atoms with van der Waals surface area (Å²) in [6.07, 6.45) is 4.13. The lowest BCUT2D eigenvalue weighted by atomic mass is 9.99. The third-order valence-corrected chi connectivity index (χ3v) is 4.74. The highest BCUT2D eigenvalue weighted by Crippen LogP contribution is 2.27. The summed E-state index contributed by atoms with van der Waals surface area (Å²) >= 11 is 0. The van der Waals surface area contributed by atoms with Gasteiger partial charge in [0.25, 0.3) is 5.91 Å². The Bertz CT molecular complexity index is 717. The summed E-state index contributed by atoms with van der Waals surface area (Å²) < 4.78 is 1.90. The fourth-order valence-electron chi connectivity index (χ4n) is 3.60. The Balaban J connectivity index is 1.64. The van der Waals surface area contributed by atoms with Crippen LogP contribution in [0.15, 0.2) is 24.3 Å². The van der Waals surface area contributed by atoms with Crippen LogP contribution in [0.1, 0.15) is 39.3 Å². The van der Waals surface area contributed by atoms with Crippen LogP contribution in [0.3, 0.4) is 0 Å². The normalized spacial score (nSPS) is 16.7. The van der Waals surface area contributed by atoms with Gasteiger partial charge in [0.1, 0.15) is 0 Å². The van der Waals surface area contributed by atoms with Gasteiger partial charge in [-0.1, -0.05) is 24.3 Å². The first-order valence-corrected chi connectivity index (χ1v) is 7.65. The first-order valence-electron chi connectivity index (χ1n) is 7.65. The SMILES string of the molecule is Cn1nc(C(=O)N2CCc3ccccc3C2)c2c1CCC2. The Morgan fingerprint density at radius 1 is 1.14 bits per heavy atom. The molecule has 0 bridgehead atoms. The lowest BCUT2D eigenvalue weighted by Gasteiger charge is -2.28. The molecule has 2 aromatic rings. The van der Waals surface area contributed by atoms with Crippen LogP contribution in [-0.4, -0.2) is 27.1 Å². The Labute approximate surface area is 124 Å². The largest absolute Gasteiger partial charge is 0.333 e. The molecule has 0 saturated carbocycles. The van der Waals surface area contributed by atoms with E-state index in [1.165, 1.54) is 22.4 Å². The van der Waals surface area contributed by atoms with Gasteiger partial charge in [-0.2, -0.15) is 5.10 Å². The van der Waals surface area contributed by atoms with E-state index in [9.17, 15) is 4.79 Å². The molecule has 1 aromatic heterocycles. The predicted octanol–water partition coefficient (Wildman–Crippen LogP) is 2.11. The summed E-state index contributed by atoms with van der Waals surface area (Å²) in [6, 6.07) is 8.40. The number of carbonyl (C=O) groups excluding carboxylic acids is 1. The maximum Gasteiger partial charge on any atom is 0.274 e. The lowest BCUT2D eigenvalue weighted by molar-refractivity contribution is 0.0727. The Morgan fingerprint density at radius 3 is 2.81 bits per heavy atom. The fraction of sp³-hybridized carbons (Fsp3) is 0.412. The first-order chi connectivity index (χ1) is 10.2. The molecule has 108 valence electrons. The van der Waals surface area contributed by atoms with E-state index in [-0.39, 0.29) is 5.91 Å². The second kappa shape index (κ2) is 4.72. The average molecular weight is 281 g/mol. The van der Waals surface area contributed by atoms with Crippen LogP contribution in [0, 0.1) is 0 Å². The van der Waals surface area contributed by atoms with Crippen molar-refractivity contribution in [3.8, 4) is 0 Å². The molecular formula is C17H19N3O. The van der Waals surface area contributed by atoms with E-state index >= 15 is 0 Å². The minimum atomic E-state index is 0.100. The van der Waals surface area contributed by atoms with Crippen LogP contribution in [-0.2, 0) is 32.9 Å². The highest BCUT2D eigenvalue weighted by molar-refractivity contribution is 5.94. The monoisotopic (exact) mass is 281 g/mol. The Kier molecular flexibility index (Phi) is 2.84. The van der Waals surface area contributed by atoms with Crippen LogP contribution in [0.5, 0.6) is 0 Å². The molecule has 21 heavy (non-hydrogen) atoms. The van der Waals surface area contributed by atoms with E-state index in [2.05, 4.69) is 23.3 Å². The number of rotatable bonds is 1. The van der Waals surface area contributed by atoms with Gasteiger partial charge in [0.15, 0.2) is 5.69 Å². The molecular weight excluding hydrogens is 262 g/mol. The van der Waals surface area contributed by atoms with Crippen molar-refractivity contribution in [3.63, 3.8) is 0 Å². The van der Waals surface area contributed by atoms with Crippen LogP contribution < -0.4 is 0 Å². The fourth-order valence-corrected chi connectivity index (χ4v) is 3.60. The van der Waals surface area contributed by atoms with Crippen molar-refractivity contribution in [3.05, 3.63) is 52.3 Å². The highest BCUT2D eigenvalue weighted by atomic mass is 16.2. The van der Waals surface area contributed by atoms with Crippen molar-refractivity contribution in [2.24, 2.45) is 7.05 Å². The molecule has 0 unspecified atom stereocenters. The molecule has 0 radical (unpaired) electrons. The zero-order chi connectivity index (χ0) is 14.4. The number of fused-ring (bicyclic) bond motifs is 2. The predicted molar refractivity (Wildman–Crippen MR) is 80.1 cm³/mol. The number of nitrogens with zero attached hydrogens (tertiary/aromatic N) is 3. The van der Waals surface area contributed by atoms with E-state index in [1.807, 2.05) is 22.7 Å². The van der Waals surface area contributed by atoms with Gasteiger partial charge in [-0.25, -0.2) is 0 Å². The number of benzene rings is 1. The summed E-state index contributed by atoms with van der Waals surface area (Å²) in [6.45, 7) is 1.50. The third-order valence-electron chi connectivity index (χ3n) is 4.74. The van der Waals surface area contributed by atoms with Crippen molar-refractivity contribution in [1.29, 1.82) is 0 Å². The molecule has 4 rings (SSSR count). The molecule has 2 heterocycles. The van der Waals surface area contributed by atoms with Crippen molar-refractivity contribution >= 4 is 5.91 Å². The highest BCUT2D eigenvalue weighted by Gasteiger charge is 2.29. The maximum absolute atomic E-state index is 12.8. The number of amides is 1. The molecule has 0 N–H and O–H groups in total. The van der Waals surface area contributed by atoms with Gasteiger partial charge in [0.2, 0.25) is 0 Å². The zero-order valence-corrected chi connectivity index (χ0v) is 12.3. The van der Waals surface area contributed by atoms with Crippen LogP contribution in [0.4, 0.5) is 0 Å². The second-order valence-electron chi connectivity index (χ2n) is 6.00. The Hall–Kier alpha value is -2.10. The summed E-state index contributed by atoms with van der Waals surface area (Å²) in [5, 5.41) is 4.49. The maximum atomic E-state index is 12.8. The second-order valence-corrected chi connectivity index (χ2v) is 6.00.